The van der Waals surface area contributed by atoms with Gasteiger partial charge in [-0.15, -0.1) is 0 Å². The van der Waals surface area contributed by atoms with Crippen molar-refractivity contribution in [3.8, 4) is 22.6 Å². The Kier molecular flexibility index (Phi) is 6.45. The third-order valence-electron chi connectivity index (χ3n) is 4.79. The fourth-order valence-electron chi connectivity index (χ4n) is 3.18. The average molecular weight is 474 g/mol. The first-order valence-electron chi connectivity index (χ1n) is 9.95. The maximum atomic E-state index is 12.6. The minimum atomic E-state index is -4.41. The van der Waals surface area contributed by atoms with Crippen LogP contribution in [0.2, 0.25) is 5.02 Å². The van der Waals surface area contributed by atoms with Crippen LogP contribution in [0.4, 0.5) is 24.9 Å². The monoisotopic (exact) mass is 473 g/mol. The number of pyridine rings is 1. The van der Waals surface area contributed by atoms with Crippen LogP contribution in [0, 0.1) is 6.92 Å². The highest BCUT2D eigenvalue weighted by molar-refractivity contribution is 6.30. The van der Waals surface area contributed by atoms with Gasteiger partial charge in [-0.25, -0.2) is 19.9 Å². The molecule has 0 atom stereocenters. The van der Waals surface area contributed by atoms with Crippen molar-refractivity contribution < 1.29 is 13.2 Å². The van der Waals surface area contributed by atoms with Crippen molar-refractivity contribution in [3.05, 3.63) is 71.3 Å². The molecule has 0 amide bonds. The summed E-state index contributed by atoms with van der Waals surface area (Å²) in [5.41, 5.74) is 2.48. The van der Waals surface area contributed by atoms with Crippen LogP contribution < -0.4 is 10.6 Å². The van der Waals surface area contributed by atoms with E-state index in [9.17, 15) is 13.2 Å². The van der Waals surface area contributed by atoms with Crippen molar-refractivity contribution in [2.45, 2.75) is 13.1 Å². The standard InChI is InChI=1S/C22H19ClF3N7/c1-13-10-15(23)3-4-16(13)19-17(20-28-7-8-29-20)12-32-21(33-19)30-9-6-27-18-5-2-14(11-31-18)22(24,25)26/h2-5,7-8,10-12H,6,9H2,1H3,(H,27,31)(H,28,29)(H,30,32,33). The Morgan fingerprint density at radius 2 is 1.79 bits per heavy atom. The maximum absolute atomic E-state index is 12.6. The maximum Gasteiger partial charge on any atom is 0.417 e. The molecule has 0 unspecified atom stereocenters. The summed E-state index contributed by atoms with van der Waals surface area (Å²) in [6, 6.07) is 7.83. The van der Waals surface area contributed by atoms with Crippen molar-refractivity contribution in [3.63, 3.8) is 0 Å². The van der Waals surface area contributed by atoms with E-state index in [-0.39, 0.29) is 0 Å². The number of aromatic amines is 1. The number of imidazole rings is 1. The minimum Gasteiger partial charge on any atom is -0.368 e. The second-order valence-corrected chi connectivity index (χ2v) is 7.57. The van der Waals surface area contributed by atoms with Gasteiger partial charge in [0.05, 0.1) is 16.8 Å². The molecule has 4 aromatic rings. The zero-order valence-electron chi connectivity index (χ0n) is 17.4. The van der Waals surface area contributed by atoms with E-state index in [1.807, 2.05) is 19.1 Å². The highest BCUT2D eigenvalue weighted by Crippen LogP contribution is 2.32. The lowest BCUT2D eigenvalue weighted by Gasteiger charge is -2.13. The lowest BCUT2D eigenvalue weighted by Crippen LogP contribution is -2.16. The molecule has 0 bridgehead atoms. The second kappa shape index (κ2) is 9.45. The van der Waals surface area contributed by atoms with Crippen LogP contribution in [0.5, 0.6) is 0 Å². The Hall–Kier alpha value is -3.66. The molecule has 7 nitrogen and oxygen atoms in total. The van der Waals surface area contributed by atoms with E-state index in [1.54, 1.807) is 24.7 Å². The van der Waals surface area contributed by atoms with E-state index < -0.39 is 11.7 Å². The first kappa shape index (κ1) is 22.5. The zero-order chi connectivity index (χ0) is 23.4. The third-order valence-corrected chi connectivity index (χ3v) is 5.03. The summed E-state index contributed by atoms with van der Waals surface area (Å²) in [4.78, 5) is 20.2. The van der Waals surface area contributed by atoms with Crippen LogP contribution in [0.15, 0.2) is 55.1 Å². The molecule has 33 heavy (non-hydrogen) atoms. The summed E-state index contributed by atoms with van der Waals surface area (Å²) in [7, 11) is 0. The van der Waals surface area contributed by atoms with Crippen LogP contribution in [0.25, 0.3) is 22.6 Å². The number of aromatic nitrogens is 5. The van der Waals surface area contributed by atoms with Gasteiger partial charge >= 0.3 is 6.18 Å². The summed E-state index contributed by atoms with van der Waals surface area (Å²) in [6.07, 6.45) is 1.45. The van der Waals surface area contributed by atoms with Crippen LogP contribution in [0.1, 0.15) is 11.1 Å². The Morgan fingerprint density at radius 3 is 2.45 bits per heavy atom. The third kappa shape index (κ3) is 5.40. The van der Waals surface area contributed by atoms with E-state index in [0.29, 0.717) is 41.4 Å². The van der Waals surface area contributed by atoms with Gasteiger partial charge in [0.1, 0.15) is 11.6 Å². The molecule has 1 aromatic carbocycles. The molecule has 3 heterocycles. The topological polar surface area (TPSA) is 91.4 Å². The van der Waals surface area contributed by atoms with Gasteiger partial charge in [0.15, 0.2) is 0 Å². The molecule has 0 saturated heterocycles. The summed E-state index contributed by atoms with van der Waals surface area (Å²) >= 11 is 6.11. The van der Waals surface area contributed by atoms with Gasteiger partial charge < -0.3 is 15.6 Å². The minimum absolute atomic E-state index is 0.344. The Morgan fingerprint density at radius 1 is 0.970 bits per heavy atom. The predicted octanol–water partition coefficient (Wildman–Crippen LogP) is 5.43. The van der Waals surface area contributed by atoms with Gasteiger partial charge in [-0.05, 0) is 36.8 Å². The fraction of sp³-hybridized carbons (Fsp3) is 0.182. The van der Waals surface area contributed by atoms with E-state index in [1.165, 1.54) is 6.07 Å². The van der Waals surface area contributed by atoms with E-state index in [0.717, 1.165) is 29.0 Å². The molecule has 0 fully saturated rings. The van der Waals surface area contributed by atoms with Crippen LogP contribution in [0.3, 0.4) is 0 Å². The SMILES string of the molecule is Cc1cc(Cl)ccc1-c1nc(NCCNc2ccc(C(F)(F)F)cn2)ncc1-c1ncc[nH]1. The van der Waals surface area contributed by atoms with Crippen LogP contribution in [-0.2, 0) is 6.18 Å². The number of nitrogens with one attached hydrogen (secondary N) is 3. The molecule has 0 aliphatic carbocycles. The predicted molar refractivity (Wildman–Crippen MR) is 121 cm³/mol. The summed E-state index contributed by atoms with van der Waals surface area (Å²) in [5.74, 6) is 1.38. The number of anilines is 2. The Labute approximate surface area is 192 Å². The summed E-state index contributed by atoms with van der Waals surface area (Å²) in [6.45, 7) is 2.77. The van der Waals surface area contributed by atoms with E-state index >= 15 is 0 Å². The number of hydrogen-bond donors (Lipinski definition) is 3. The smallest absolute Gasteiger partial charge is 0.368 e. The number of alkyl halides is 3. The average Bonchev–Trinajstić information content (AvgIpc) is 3.31. The number of halogens is 4. The Bertz CT molecular complexity index is 1230. The van der Waals surface area contributed by atoms with E-state index in [4.69, 9.17) is 11.6 Å². The first-order chi connectivity index (χ1) is 15.8. The van der Waals surface area contributed by atoms with Gasteiger partial charge in [-0.3, -0.25) is 0 Å². The van der Waals surface area contributed by atoms with Crippen LogP contribution >= 0.6 is 11.6 Å². The van der Waals surface area contributed by atoms with Gasteiger partial charge in [0, 0.05) is 48.5 Å². The molecular formula is C22H19ClF3N7. The molecule has 0 radical (unpaired) electrons. The normalized spacial score (nSPS) is 11.4. The largest absolute Gasteiger partial charge is 0.417 e. The van der Waals surface area contributed by atoms with Crippen LogP contribution in [-0.4, -0.2) is 38.0 Å². The van der Waals surface area contributed by atoms with Crippen molar-refractivity contribution in [2.75, 3.05) is 23.7 Å². The number of benzene rings is 1. The highest BCUT2D eigenvalue weighted by Gasteiger charge is 2.30. The molecule has 3 N–H and O–H groups in total. The number of aryl methyl sites for hydroxylation is 1. The molecule has 11 heteroatoms. The zero-order valence-corrected chi connectivity index (χ0v) is 18.2. The molecule has 3 aromatic heterocycles. The number of rotatable bonds is 7. The summed E-state index contributed by atoms with van der Waals surface area (Å²) in [5, 5.41) is 6.71. The molecular weight excluding hydrogens is 455 g/mol. The van der Waals surface area contributed by atoms with Gasteiger partial charge in [-0.2, -0.15) is 13.2 Å². The van der Waals surface area contributed by atoms with Crippen molar-refractivity contribution in [2.24, 2.45) is 0 Å². The quantitative estimate of drug-likeness (QED) is 0.310. The highest BCUT2D eigenvalue weighted by atomic mass is 35.5. The van der Waals surface area contributed by atoms with E-state index in [2.05, 4.69) is 35.6 Å². The molecule has 0 aliphatic heterocycles. The fourth-order valence-corrected chi connectivity index (χ4v) is 3.41. The number of hydrogen-bond acceptors (Lipinski definition) is 6. The number of H-pyrrole nitrogens is 1. The molecule has 0 spiro atoms. The molecule has 0 saturated carbocycles. The lowest BCUT2D eigenvalue weighted by molar-refractivity contribution is -0.137. The first-order valence-corrected chi connectivity index (χ1v) is 10.3. The molecule has 170 valence electrons. The van der Waals surface area contributed by atoms with Gasteiger partial charge in [0.25, 0.3) is 0 Å². The van der Waals surface area contributed by atoms with Gasteiger partial charge in [-0.1, -0.05) is 17.7 Å². The number of nitrogens with zero attached hydrogens (tertiary/aromatic N) is 4. The molecule has 4 rings (SSSR count). The second-order valence-electron chi connectivity index (χ2n) is 7.14. The van der Waals surface area contributed by atoms with Crippen molar-refractivity contribution >= 4 is 23.4 Å². The summed E-state index contributed by atoms with van der Waals surface area (Å²) < 4.78 is 37.9. The van der Waals surface area contributed by atoms with Gasteiger partial charge in [0.2, 0.25) is 5.95 Å². The van der Waals surface area contributed by atoms with Crippen molar-refractivity contribution in [1.29, 1.82) is 0 Å². The van der Waals surface area contributed by atoms with Crippen molar-refractivity contribution in [1.82, 2.24) is 24.9 Å². The molecule has 0 aliphatic rings. The Balaban J connectivity index is 1.47. The lowest BCUT2D eigenvalue weighted by atomic mass is 10.0.